The second-order valence-corrected chi connectivity index (χ2v) is 3.70. The lowest BCUT2D eigenvalue weighted by Crippen LogP contribution is -2.34. The van der Waals surface area contributed by atoms with Gasteiger partial charge in [0.2, 0.25) is 0 Å². The van der Waals surface area contributed by atoms with Gasteiger partial charge in [-0.2, -0.15) is 0 Å². The highest BCUT2D eigenvalue weighted by Gasteiger charge is 2.31. The molecule has 0 saturated heterocycles. The van der Waals surface area contributed by atoms with Crippen molar-refractivity contribution in [1.29, 1.82) is 0 Å². The van der Waals surface area contributed by atoms with Crippen LogP contribution in [0.4, 0.5) is 13.2 Å². The largest absolute Gasteiger partial charge is 0.478 e. The molecule has 0 fully saturated rings. The van der Waals surface area contributed by atoms with Crippen LogP contribution >= 0.6 is 15.9 Å². The number of aliphatic carboxylic acids is 1. The predicted octanol–water partition coefficient (Wildman–Crippen LogP) is 2.69. The van der Waals surface area contributed by atoms with Gasteiger partial charge < -0.3 is 9.84 Å². The third-order valence-corrected chi connectivity index (χ3v) is 2.11. The van der Waals surface area contributed by atoms with Crippen LogP contribution < -0.4 is 4.74 Å². The molecule has 0 aromatic heterocycles. The fourth-order valence-corrected chi connectivity index (χ4v) is 1.25. The summed E-state index contributed by atoms with van der Waals surface area (Å²) in [5.74, 6) is -3.30. The SMILES string of the molecule is O=C(O)[C@@H](Oc1ccc(Br)cc1F)C(F)F. The minimum Gasteiger partial charge on any atom is -0.478 e. The minimum atomic E-state index is -3.24. The van der Waals surface area contributed by atoms with Gasteiger partial charge in [-0.15, -0.1) is 0 Å². The Morgan fingerprint density at radius 1 is 1.44 bits per heavy atom. The van der Waals surface area contributed by atoms with E-state index >= 15 is 0 Å². The highest BCUT2D eigenvalue weighted by molar-refractivity contribution is 9.10. The number of ether oxygens (including phenoxy) is 1. The first-order chi connectivity index (χ1) is 7.41. The third kappa shape index (κ3) is 3.13. The molecule has 1 aromatic rings. The van der Waals surface area contributed by atoms with Crippen LogP contribution in [-0.2, 0) is 4.79 Å². The number of hydrogen-bond donors (Lipinski definition) is 1. The van der Waals surface area contributed by atoms with Crippen LogP contribution in [0.25, 0.3) is 0 Å². The van der Waals surface area contributed by atoms with Gasteiger partial charge >= 0.3 is 5.97 Å². The van der Waals surface area contributed by atoms with Crippen LogP contribution in [0.3, 0.4) is 0 Å². The lowest BCUT2D eigenvalue weighted by molar-refractivity contribution is -0.152. The first kappa shape index (κ1) is 12.8. The lowest BCUT2D eigenvalue weighted by atomic mass is 10.3. The van der Waals surface area contributed by atoms with E-state index in [0.29, 0.717) is 4.47 Å². The van der Waals surface area contributed by atoms with Crippen molar-refractivity contribution >= 4 is 21.9 Å². The van der Waals surface area contributed by atoms with E-state index in [4.69, 9.17) is 5.11 Å². The minimum absolute atomic E-state index is 0.390. The smallest absolute Gasteiger partial charge is 0.351 e. The zero-order valence-electron chi connectivity index (χ0n) is 7.66. The van der Waals surface area contributed by atoms with Gasteiger partial charge in [0.1, 0.15) is 0 Å². The molecule has 0 radical (unpaired) electrons. The van der Waals surface area contributed by atoms with Gasteiger partial charge in [-0.25, -0.2) is 18.0 Å². The molecular weight excluding hydrogens is 293 g/mol. The maximum Gasteiger partial charge on any atom is 0.351 e. The predicted molar refractivity (Wildman–Crippen MR) is 52.2 cm³/mol. The maximum absolute atomic E-state index is 13.1. The number of alkyl halides is 2. The van der Waals surface area contributed by atoms with Crippen molar-refractivity contribution in [2.75, 3.05) is 0 Å². The number of carboxylic acids is 1. The van der Waals surface area contributed by atoms with E-state index in [2.05, 4.69) is 20.7 Å². The second kappa shape index (κ2) is 5.20. The van der Waals surface area contributed by atoms with Gasteiger partial charge in [0, 0.05) is 4.47 Å². The first-order valence-corrected chi connectivity index (χ1v) is 4.83. The highest BCUT2D eigenvalue weighted by Crippen LogP contribution is 2.23. The van der Waals surface area contributed by atoms with Crippen molar-refractivity contribution in [1.82, 2.24) is 0 Å². The molecule has 0 aliphatic carbocycles. The summed E-state index contributed by atoms with van der Waals surface area (Å²) in [6.07, 6.45) is -5.61. The average molecular weight is 299 g/mol. The van der Waals surface area contributed by atoms with Gasteiger partial charge in [-0.3, -0.25) is 0 Å². The topological polar surface area (TPSA) is 46.5 Å². The van der Waals surface area contributed by atoms with E-state index in [1.165, 1.54) is 6.07 Å². The molecule has 0 bridgehead atoms. The monoisotopic (exact) mass is 298 g/mol. The molecule has 0 aliphatic heterocycles. The summed E-state index contributed by atoms with van der Waals surface area (Å²) in [6, 6.07) is 3.40. The lowest BCUT2D eigenvalue weighted by Gasteiger charge is -2.14. The van der Waals surface area contributed by atoms with Gasteiger partial charge in [-0.05, 0) is 18.2 Å². The summed E-state index contributed by atoms with van der Waals surface area (Å²) in [5.41, 5.74) is 0. The molecule has 1 N–H and O–H groups in total. The van der Waals surface area contributed by atoms with E-state index < -0.39 is 30.1 Å². The summed E-state index contributed by atoms with van der Waals surface area (Å²) in [5, 5.41) is 8.41. The van der Waals surface area contributed by atoms with Crippen LogP contribution in [0.2, 0.25) is 0 Å². The normalized spacial score (nSPS) is 12.6. The van der Waals surface area contributed by atoms with Crippen LogP contribution in [-0.4, -0.2) is 23.6 Å². The molecule has 88 valence electrons. The molecule has 1 rings (SSSR count). The second-order valence-electron chi connectivity index (χ2n) is 2.79. The zero-order chi connectivity index (χ0) is 12.3. The standard InChI is InChI=1S/C9H6BrF3O3/c10-4-1-2-6(5(11)3-4)16-7(8(12)13)9(14)15/h1-3,7-8H,(H,14,15)/t7-/m0/s1. The molecule has 1 atom stereocenters. The van der Waals surface area contributed by atoms with Gasteiger partial charge in [-0.1, -0.05) is 15.9 Å². The summed E-state index contributed by atoms with van der Waals surface area (Å²) in [7, 11) is 0. The first-order valence-electron chi connectivity index (χ1n) is 4.04. The van der Waals surface area contributed by atoms with Crippen molar-refractivity contribution in [2.45, 2.75) is 12.5 Å². The fraction of sp³-hybridized carbons (Fsp3) is 0.222. The third-order valence-electron chi connectivity index (χ3n) is 1.62. The quantitative estimate of drug-likeness (QED) is 0.930. The Hall–Kier alpha value is -1.24. The Morgan fingerprint density at radius 3 is 2.50 bits per heavy atom. The Bertz CT molecular complexity index is 398. The van der Waals surface area contributed by atoms with E-state index in [1.807, 2.05) is 0 Å². The van der Waals surface area contributed by atoms with E-state index in [1.54, 1.807) is 0 Å². The number of benzene rings is 1. The van der Waals surface area contributed by atoms with Gasteiger partial charge in [0.15, 0.2) is 11.6 Å². The van der Waals surface area contributed by atoms with E-state index in [0.717, 1.165) is 12.1 Å². The van der Waals surface area contributed by atoms with Crippen LogP contribution in [0.5, 0.6) is 5.75 Å². The molecule has 1 aromatic carbocycles. The van der Waals surface area contributed by atoms with Gasteiger partial charge in [0.05, 0.1) is 0 Å². The molecular formula is C9H6BrF3O3. The van der Waals surface area contributed by atoms with Crippen LogP contribution in [0.15, 0.2) is 22.7 Å². The van der Waals surface area contributed by atoms with Crippen LogP contribution in [0, 0.1) is 5.82 Å². The number of halogens is 4. The Labute approximate surface area is 97.0 Å². The molecule has 0 amide bonds. The molecule has 0 unspecified atom stereocenters. The molecule has 3 nitrogen and oxygen atoms in total. The van der Waals surface area contributed by atoms with Crippen molar-refractivity contribution in [3.63, 3.8) is 0 Å². The molecule has 0 heterocycles. The van der Waals surface area contributed by atoms with Gasteiger partial charge in [0.25, 0.3) is 12.5 Å². The zero-order valence-corrected chi connectivity index (χ0v) is 9.25. The number of carboxylic acid groups (broad SMARTS) is 1. The molecule has 16 heavy (non-hydrogen) atoms. The number of carbonyl (C=O) groups is 1. The number of rotatable bonds is 4. The average Bonchev–Trinajstić information content (AvgIpc) is 2.15. The van der Waals surface area contributed by atoms with Crippen molar-refractivity contribution in [3.05, 3.63) is 28.5 Å². The van der Waals surface area contributed by atoms with Crippen molar-refractivity contribution in [3.8, 4) is 5.75 Å². The Morgan fingerprint density at radius 2 is 2.06 bits per heavy atom. The fourth-order valence-electron chi connectivity index (χ4n) is 0.917. The molecule has 0 aliphatic rings. The highest BCUT2D eigenvalue weighted by atomic mass is 79.9. The van der Waals surface area contributed by atoms with E-state index in [9.17, 15) is 18.0 Å². The Balaban J connectivity index is 2.90. The number of hydrogen-bond acceptors (Lipinski definition) is 2. The summed E-state index contributed by atoms with van der Waals surface area (Å²) >= 11 is 2.96. The molecule has 7 heteroatoms. The van der Waals surface area contributed by atoms with Crippen LogP contribution in [0.1, 0.15) is 0 Å². The molecule has 0 saturated carbocycles. The van der Waals surface area contributed by atoms with Crippen molar-refractivity contribution in [2.24, 2.45) is 0 Å². The summed E-state index contributed by atoms with van der Waals surface area (Å²) in [6.45, 7) is 0. The summed E-state index contributed by atoms with van der Waals surface area (Å²) < 4.78 is 42.3. The van der Waals surface area contributed by atoms with Crippen molar-refractivity contribution < 1.29 is 27.8 Å². The Kier molecular flexibility index (Phi) is 4.17. The molecule has 0 spiro atoms. The summed E-state index contributed by atoms with van der Waals surface area (Å²) in [4.78, 5) is 10.4. The van der Waals surface area contributed by atoms with E-state index in [-0.39, 0.29) is 0 Å². The maximum atomic E-state index is 13.1.